The summed E-state index contributed by atoms with van der Waals surface area (Å²) in [5.41, 5.74) is 0. The first-order valence-corrected chi connectivity index (χ1v) is 31.9. The van der Waals surface area contributed by atoms with Crippen molar-refractivity contribution in [3.63, 3.8) is 0 Å². The van der Waals surface area contributed by atoms with Gasteiger partial charge in [0.1, 0.15) is 19.8 Å². The zero-order valence-electron chi connectivity index (χ0n) is 49.0. The van der Waals surface area contributed by atoms with Crippen LogP contribution in [-0.2, 0) is 32.7 Å². The van der Waals surface area contributed by atoms with Gasteiger partial charge in [-0.1, -0.05) is 239 Å². The van der Waals surface area contributed by atoms with Crippen molar-refractivity contribution in [2.45, 2.75) is 258 Å². The molecule has 0 aromatic carbocycles. The molecule has 0 heterocycles. The third-order valence-electron chi connectivity index (χ3n) is 12.8. The molecule has 0 rings (SSSR count). The Morgan fingerprint density at radius 2 is 0.760 bits per heavy atom. The fourth-order valence-electron chi connectivity index (χ4n) is 8.16. The Hall–Kier alpha value is -3.07. The van der Waals surface area contributed by atoms with Gasteiger partial charge >= 0.3 is 11.9 Å². The van der Waals surface area contributed by atoms with Gasteiger partial charge in [0.15, 0.2) is 6.10 Å². The maximum absolute atomic E-state index is 12.8. The Kier molecular flexibility index (Phi) is 53.4. The van der Waals surface area contributed by atoms with Gasteiger partial charge in [-0.05, 0) is 96.3 Å². The van der Waals surface area contributed by atoms with E-state index >= 15 is 0 Å². The van der Waals surface area contributed by atoms with Crippen LogP contribution in [-0.4, -0.2) is 70.0 Å². The molecule has 0 saturated carbocycles. The van der Waals surface area contributed by atoms with Crippen LogP contribution in [0.25, 0.3) is 0 Å². The number of carbonyl (C=O) groups excluding carboxylic acids is 2. The van der Waals surface area contributed by atoms with E-state index in [2.05, 4.69) is 111 Å². The third kappa shape index (κ3) is 60.0. The van der Waals surface area contributed by atoms with Crippen LogP contribution >= 0.6 is 7.82 Å². The number of hydrogen-bond acceptors (Lipinski definition) is 8. The number of hydrogen-bond donors (Lipinski definition) is 0. The fraction of sp³-hybridized carbons (Fsp3) is 0.723. The number of carbonyl (C=O) groups is 2. The van der Waals surface area contributed by atoms with Crippen LogP contribution in [0, 0.1) is 0 Å². The molecule has 0 aromatic heterocycles. The summed E-state index contributed by atoms with van der Waals surface area (Å²) >= 11 is 0. The minimum absolute atomic E-state index is 0.0352. The lowest BCUT2D eigenvalue weighted by molar-refractivity contribution is -0.870. The van der Waals surface area contributed by atoms with Gasteiger partial charge in [-0.3, -0.25) is 14.2 Å². The van der Waals surface area contributed by atoms with Crippen LogP contribution in [0.1, 0.15) is 251 Å². The SMILES string of the molecule is CC/C=C\C/C=C\C/C=C\C/C=C\C/C=C\C/C=C\C/C=C\CCCCCCCCCCCCCCCC(=O)OC(COC(=O)CCCCCCC/C=C\CCCCCCCCC)COP(=O)([O-])OCC[N+](C)(C)C. The Morgan fingerprint density at radius 1 is 0.427 bits per heavy atom. The summed E-state index contributed by atoms with van der Waals surface area (Å²) in [7, 11) is 1.16. The Labute approximate surface area is 462 Å². The minimum atomic E-state index is -4.64. The zero-order valence-corrected chi connectivity index (χ0v) is 49.9. The second-order valence-electron chi connectivity index (χ2n) is 21.3. The van der Waals surface area contributed by atoms with E-state index in [9.17, 15) is 19.0 Å². The first-order valence-electron chi connectivity index (χ1n) is 30.4. The molecule has 0 saturated heterocycles. The van der Waals surface area contributed by atoms with E-state index in [4.69, 9.17) is 18.5 Å². The van der Waals surface area contributed by atoms with Crippen molar-refractivity contribution in [1.29, 1.82) is 0 Å². The van der Waals surface area contributed by atoms with Crippen molar-refractivity contribution >= 4 is 19.8 Å². The van der Waals surface area contributed by atoms with E-state index in [1.165, 1.54) is 116 Å². The Balaban J connectivity index is 4.09. The highest BCUT2D eigenvalue weighted by Gasteiger charge is 2.22. The van der Waals surface area contributed by atoms with Gasteiger partial charge in [-0.15, -0.1) is 0 Å². The molecule has 75 heavy (non-hydrogen) atoms. The number of nitrogens with zero attached hydrogens (tertiary/aromatic N) is 1. The summed E-state index contributed by atoms with van der Waals surface area (Å²) in [6.07, 6.45) is 76.0. The molecule has 0 spiro atoms. The third-order valence-corrected chi connectivity index (χ3v) is 13.8. The van der Waals surface area contributed by atoms with Crippen LogP contribution in [0.15, 0.2) is 97.2 Å². The van der Waals surface area contributed by atoms with E-state index < -0.39 is 32.5 Å². The maximum atomic E-state index is 12.8. The molecule has 9 nitrogen and oxygen atoms in total. The Morgan fingerprint density at radius 3 is 1.15 bits per heavy atom. The van der Waals surface area contributed by atoms with Crippen molar-refractivity contribution in [2.24, 2.45) is 0 Å². The second-order valence-corrected chi connectivity index (χ2v) is 22.7. The van der Waals surface area contributed by atoms with Crippen molar-refractivity contribution < 1.29 is 42.1 Å². The van der Waals surface area contributed by atoms with Gasteiger partial charge in [0.25, 0.3) is 7.82 Å². The molecular weight excluding hydrogens is 954 g/mol. The highest BCUT2D eigenvalue weighted by Crippen LogP contribution is 2.38. The number of likely N-dealkylation sites (N-methyl/N-ethyl adjacent to an activating group) is 1. The summed E-state index contributed by atoms with van der Waals surface area (Å²) < 4.78 is 34.2. The first kappa shape index (κ1) is 71.9. The molecule has 432 valence electrons. The lowest BCUT2D eigenvalue weighted by Crippen LogP contribution is -2.37. The van der Waals surface area contributed by atoms with Gasteiger partial charge in [0.05, 0.1) is 27.7 Å². The highest BCUT2D eigenvalue weighted by atomic mass is 31.2. The monoisotopic (exact) mass is 1070 g/mol. The van der Waals surface area contributed by atoms with E-state index in [0.29, 0.717) is 17.4 Å². The van der Waals surface area contributed by atoms with Crippen LogP contribution in [0.2, 0.25) is 0 Å². The zero-order chi connectivity index (χ0) is 54.9. The average Bonchev–Trinajstić information content (AvgIpc) is 3.37. The van der Waals surface area contributed by atoms with Crippen molar-refractivity contribution in [1.82, 2.24) is 0 Å². The normalized spacial score (nSPS) is 13.9. The topological polar surface area (TPSA) is 111 Å². The molecule has 2 atom stereocenters. The molecule has 0 aliphatic carbocycles. The molecule has 0 fully saturated rings. The molecule has 0 bridgehead atoms. The molecule has 0 amide bonds. The highest BCUT2D eigenvalue weighted by molar-refractivity contribution is 7.45. The molecule has 2 unspecified atom stereocenters. The summed E-state index contributed by atoms with van der Waals surface area (Å²) in [6.45, 7) is 4.12. The van der Waals surface area contributed by atoms with Crippen molar-refractivity contribution in [2.75, 3.05) is 47.5 Å². The van der Waals surface area contributed by atoms with Gasteiger partial charge in [0.2, 0.25) is 0 Å². The number of esters is 2. The van der Waals surface area contributed by atoms with Gasteiger partial charge < -0.3 is 27.9 Å². The van der Waals surface area contributed by atoms with Crippen LogP contribution < -0.4 is 4.89 Å². The summed E-state index contributed by atoms with van der Waals surface area (Å²) in [5, 5.41) is 0. The summed E-state index contributed by atoms with van der Waals surface area (Å²) in [4.78, 5) is 37.9. The lowest BCUT2D eigenvalue weighted by Gasteiger charge is -2.28. The number of ether oxygens (including phenoxy) is 2. The predicted octanol–water partition coefficient (Wildman–Crippen LogP) is 18.6. The van der Waals surface area contributed by atoms with E-state index in [1.807, 2.05) is 21.1 Å². The van der Waals surface area contributed by atoms with Crippen LogP contribution in [0.5, 0.6) is 0 Å². The van der Waals surface area contributed by atoms with Crippen LogP contribution in [0.3, 0.4) is 0 Å². The second kappa shape index (κ2) is 55.7. The van der Waals surface area contributed by atoms with E-state index in [1.54, 1.807) is 0 Å². The minimum Gasteiger partial charge on any atom is -0.756 e. The van der Waals surface area contributed by atoms with Crippen LogP contribution in [0.4, 0.5) is 0 Å². The molecule has 0 aliphatic heterocycles. The van der Waals surface area contributed by atoms with E-state index in [0.717, 1.165) is 103 Å². The number of allylic oxidation sites excluding steroid dienone is 16. The quantitative estimate of drug-likeness (QED) is 0.0195. The standard InChI is InChI=1S/C65H114NO8P/c1-6-8-10-12-14-16-18-20-22-24-25-26-27-28-29-30-31-32-33-34-35-36-37-38-39-40-41-42-44-46-48-50-52-54-56-58-65(68)74-63(62-73-75(69,70)72-60-59-66(3,4)5)61-71-64(67)57-55-53-51-49-47-45-43-23-21-19-17-15-13-11-9-7-2/h8,10,14,16,20,22-23,25-26,28-29,31-32,34-35,43,63H,6-7,9,11-13,15,17-19,21,24,27,30,33,36-42,44-62H2,1-5H3/b10-8-,16-14-,22-20-,26-25-,29-28-,32-31-,35-34-,43-23-. The molecule has 0 N–H and O–H groups in total. The predicted molar refractivity (Wildman–Crippen MR) is 319 cm³/mol. The maximum Gasteiger partial charge on any atom is 0.306 e. The van der Waals surface area contributed by atoms with Crippen molar-refractivity contribution in [3.05, 3.63) is 97.2 Å². The Bertz CT molecular complexity index is 1590. The lowest BCUT2D eigenvalue weighted by atomic mass is 10.0. The van der Waals surface area contributed by atoms with Crippen molar-refractivity contribution in [3.8, 4) is 0 Å². The number of quaternary nitrogens is 1. The smallest absolute Gasteiger partial charge is 0.306 e. The number of phosphoric ester groups is 1. The number of unbranched alkanes of at least 4 members (excludes halogenated alkanes) is 25. The number of phosphoric acid groups is 1. The largest absolute Gasteiger partial charge is 0.756 e. The number of rotatable bonds is 55. The van der Waals surface area contributed by atoms with Gasteiger partial charge in [-0.2, -0.15) is 0 Å². The first-order chi connectivity index (χ1) is 36.5. The fourth-order valence-corrected chi connectivity index (χ4v) is 8.89. The van der Waals surface area contributed by atoms with E-state index in [-0.39, 0.29) is 26.1 Å². The molecular formula is C65H114NO8P. The summed E-state index contributed by atoms with van der Waals surface area (Å²) in [5.74, 6) is -0.843. The van der Waals surface area contributed by atoms with Gasteiger partial charge in [-0.25, -0.2) is 0 Å². The molecule has 0 aromatic rings. The van der Waals surface area contributed by atoms with Gasteiger partial charge in [0, 0.05) is 12.8 Å². The molecule has 0 aliphatic rings. The average molecular weight is 1070 g/mol. The molecule has 10 heteroatoms. The summed E-state index contributed by atoms with van der Waals surface area (Å²) in [6, 6.07) is 0. The molecule has 0 radical (unpaired) electrons.